The average molecular weight is 453 g/mol. The molecule has 5 aliphatic rings. The molecule has 0 saturated heterocycles. The molecule has 1 aromatic heterocycles. The number of rotatable bonds is 3. The van der Waals surface area contributed by atoms with Crippen molar-refractivity contribution in [3.8, 4) is 0 Å². The number of nitrogens with zero attached hydrogens (tertiary/aromatic N) is 2. The Hall–Kier alpha value is -1.88. The van der Waals surface area contributed by atoms with Crippen LogP contribution < -0.4 is 0 Å². The number of halogens is 1. The van der Waals surface area contributed by atoms with Crippen LogP contribution in [0.25, 0.3) is 0 Å². The third-order valence-electron chi connectivity index (χ3n) is 7.65. The molecule has 0 spiro atoms. The van der Waals surface area contributed by atoms with Crippen LogP contribution in [-0.2, 0) is 4.79 Å². The molecule has 1 aromatic carbocycles. The fourth-order valence-corrected chi connectivity index (χ4v) is 7.30. The molecule has 29 heavy (non-hydrogen) atoms. The Kier molecular flexibility index (Phi) is 4.06. The van der Waals surface area contributed by atoms with E-state index in [2.05, 4.69) is 28.1 Å². The van der Waals surface area contributed by atoms with Crippen LogP contribution in [0.3, 0.4) is 0 Å². The van der Waals surface area contributed by atoms with E-state index >= 15 is 0 Å². The summed E-state index contributed by atoms with van der Waals surface area (Å²) in [6, 6.07) is 12.1. The first-order valence-electron chi connectivity index (χ1n) is 10.8. The van der Waals surface area contributed by atoms with Crippen molar-refractivity contribution in [2.45, 2.75) is 51.0 Å². The molecule has 5 heteroatoms. The van der Waals surface area contributed by atoms with Gasteiger partial charge < -0.3 is 4.42 Å². The first-order valence-corrected chi connectivity index (χ1v) is 11.6. The molecule has 0 N–H and O–H groups in total. The molecule has 7 rings (SSSR count). The quantitative estimate of drug-likeness (QED) is 0.578. The molecule has 150 valence electrons. The molecule has 4 bridgehead atoms. The van der Waals surface area contributed by atoms with Gasteiger partial charge in [0.25, 0.3) is 0 Å². The summed E-state index contributed by atoms with van der Waals surface area (Å²) in [5.74, 6) is 3.25. The lowest BCUT2D eigenvalue weighted by atomic mass is 9.49. The van der Waals surface area contributed by atoms with Crippen LogP contribution in [0.15, 0.2) is 56.7 Å². The molecular weight excluding hydrogens is 428 g/mol. The molecule has 0 radical (unpaired) electrons. The van der Waals surface area contributed by atoms with Gasteiger partial charge in [0.1, 0.15) is 11.5 Å². The summed E-state index contributed by atoms with van der Waals surface area (Å²) in [5.41, 5.74) is 1.81. The summed E-state index contributed by atoms with van der Waals surface area (Å²) in [6.45, 7) is 0. The second-order valence-corrected chi connectivity index (χ2v) is 10.6. The van der Waals surface area contributed by atoms with E-state index in [1.165, 1.54) is 19.3 Å². The van der Waals surface area contributed by atoms with Gasteiger partial charge in [0.2, 0.25) is 5.91 Å². The van der Waals surface area contributed by atoms with Crippen LogP contribution >= 0.6 is 15.9 Å². The van der Waals surface area contributed by atoms with Gasteiger partial charge in [-0.2, -0.15) is 5.10 Å². The zero-order valence-electron chi connectivity index (χ0n) is 16.4. The molecule has 1 atom stereocenters. The highest BCUT2D eigenvalue weighted by Crippen LogP contribution is 2.61. The van der Waals surface area contributed by atoms with E-state index in [1.54, 1.807) is 6.26 Å². The highest BCUT2D eigenvalue weighted by Gasteiger charge is 2.57. The molecule has 4 saturated carbocycles. The normalized spacial score (nSPS) is 35.2. The van der Waals surface area contributed by atoms with Crippen LogP contribution in [-0.4, -0.2) is 16.6 Å². The second-order valence-electron chi connectivity index (χ2n) is 9.65. The highest BCUT2D eigenvalue weighted by atomic mass is 79.9. The predicted molar refractivity (Wildman–Crippen MR) is 114 cm³/mol. The number of hydrazone groups is 1. The highest BCUT2D eigenvalue weighted by molar-refractivity contribution is 9.10. The van der Waals surface area contributed by atoms with Crippen molar-refractivity contribution in [3.05, 3.63) is 58.5 Å². The van der Waals surface area contributed by atoms with Crippen molar-refractivity contribution in [2.75, 3.05) is 0 Å². The maximum absolute atomic E-state index is 14.1. The standard InChI is InChI=1S/C24H25BrN2O2/c25-19-4-1-3-18(10-19)21-11-20(22-5-2-6-29-22)26-27(21)23(28)24-12-15-7-16(13-24)9-17(8-15)14-24/h1-6,10,15-17,21H,7-9,11-14H2/t15?,16?,17?,21-,24?/m0/s1. The van der Waals surface area contributed by atoms with Crippen LogP contribution in [0.5, 0.6) is 0 Å². The Bertz CT molecular complexity index is 945. The fourth-order valence-electron chi connectivity index (χ4n) is 6.88. The fraction of sp³-hybridized carbons (Fsp3) is 0.500. The first kappa shape index (κ1) is 17.9. The molecule has 0 unspecified atom stereocenters. The van der Waals surface area contributed by atoms with E-state index in [0.717, 1.165) is 58.5 Å². The maximum atomic E-state index is 14.1. The maximum Gasteiger partial charge on any atom is 0.249 e. The van der Waals surface area contributed by atoms with Crippen molar-refractivity contribution in [1.29, 1.82) is 0 Å². The summed E-state index contributed by atoms with van der Waals surface area (Å²) in [5, 5.41) is 6.69. The molecule has 1 aliphatic heterocycles. The molecule has 2 aromatic rings. The Morgan fingerprint density at radius 2 is 1.79 bits per heavy atom. The lowest BCUT2D eigenvalue weighted by Gasteiger charge is -2.56. The second kappa shape index (κ2) is 6.56. The van der Waals surface area contributed by atoms with Crippen molar-refractivity contribution in [1.82, 2.24) is 5.01 Å². The van der Waals surface area contributed by atoms with Gasteiger partial charge >= 0.3 is 0 Å². The summed E-state index contributed by atoms with van der Waals surface area (Å²) < 4.78 is 6.66. The Balaban J connectivity index is 1.38. The first-order chi connectivity index (χ1) is 14.1. The minimum atomic E-state index is -0.193. The smallest absolute Gasteiger partial charge is 0.249 e. The van der Waals surface area contributed by atoms with Crippen LogP contribution in [0, 0.1) is 23.2 Å². The number of benzene rings is 1. The Labute approximate surface area is 179 Å². The number of furan rings is 1. The summed E-state index contributed by atoms with van der Waals surface area (Å²) in [6.07, 6.45) is 9.56. The average Bonchev–Trinajstić information content (AvgIpc) is 3.36. The van der Waals surface area contributed by atoms with Gasteiger partial charge in [0.05, 0.1) is 17.7 Å². The third-order valence-corrected chi connectivity index (χ3v) is 8.14. The molecule has 4 fully saturated rings. The van der Waals surface area contributed by atoms with Gasteiger partial charge in [-0.1, -0.05) is 28.1 Å². The zero-order valence-corrected chi connectivity index (χ0v) is 18.0. The van der Waals surface area contributed by atoms with Gasteiger partial charge in [-0.05, 0) is 86.1 Å². The van der Waals surface area contributed by atoms with Crippen LogP contribution in [0.2, 0.25) is 0 Å². The SMILES string of the molecule is O=C(N1N=C(c2ccco2)C[C@H]1c1cccc(Br)c1)C12CC3CC(CC(C3)C1)C2. The van der Waals surface area contributed by atoms with Crippen molar-refractivity contribution in [3.63, 3.8) is 0 Å². The number of carbonyl (C=O) groups is 1. The van der Waals surface area contributed by atoms with Crippen molar-refractivity contribution < 1.29 is 9.21 Å². The topological polar surface area (TPSA) is 45.8 Å². The minimum Gasteiger partial charge on any atom is -0.463 e. The number of amides is 1. The summed E-state index contributed by atoms with van der Waals surface area (Å²) in [7, 11) is 0. The Morgan fingerprint density at radius 3 is 2.41 bits per heavy atom. The monoisotopic (exact) mass is 452 g/mol. The molecule has 2 heterocycles. The molecule has 4 aliphatic carbocycles. The van der Waals surface area contributed by atoms with Crippen LogP contribution in [0.4, 0.5) is 0 Å². The summed E-state index contributed by atoms with van der Waals surface area (Å²) in [4.78, 5) is 14.1. The summed E-state index contributed by atoms with van der Waals surface area (Å²) >= 11 is 3.59. The van der Waals surface area contributed by atoms with E-state index in [1.807, 2.05) is 29.3 Å². The molecule has 1 amide bonds. The van der Waals surface area contributed by atoms with Gasteiger partial charge in [0, 0.05) is 10.9 Å². The van der Waals surface area contributed by atoms with E-state index in [9.17, 15) is 4.79 Å². The number of hydrogen-bond donors (Lipinski definition) is 0. The lowest BCUT2D eigenvalue weighted by molar-refractivity contribution is -0.159. The number of carbonyl (C=O) groups excluding carboxylic acids is 1. The minimum absolute atomic E-state index is 0.0619. The molecular formula is C24H25BrN2O2. The van der Waals surface area contributed by atoms with Gasteiger partial charge in [0.15, 0.2) is 0 Å². The zero-order chi connectivity index (χ0) is 19.6. The van der Waals surface area contributed by atoms with E-state index in [0.29, 0.717) is 6.42 Å². The van der Waals surface area contributed by atoms with Crippen molar-refractivity contribution >= 4 is 27.5 Å². The largest absolute Gasteiger partial charge is 0.463 e. The lowest BCUT2D eigenvalue weighted by Crippen LogP contribution is -2.53. The van der Waals surface area contributed by atoms with Crippen LogP contribution in [0.1, 0.15) is 62.3 Å². The van der Waals surface area contributed by atoms with Gasteiger partial charge in [-0.3, -0.25) is 4.79 Å². The van der Waals surface area contributed by atoms with E-state index in [4.69, 9.17) is 9.52 Å². The van der Waals surface area contributed by atoms with Gasteiger partial charge in [-0.25, -0.2) is 5.01 Å². The molecule has 4 nitrogen and oxygen atoms in total. The third kappa shape index (κ3) is 2.92. The van der Waals surface area contributed by atoms with E-state index < -0.39 is 0 Å². The van der Waals surface area contributed by atoms with Crippen molar-refractivity contribution in [2.24, 2.45) is 28.3 Å². The van der Waals surface area contributed by atoms with E-state index in [-0.39, 0.29) is 17.4 Å². The predicted octanol–water partition coefficient (Wildman–Crippen LogP) is 5.94. The Morgan fingerprint density at radius 1 is 1.07 bits per heavy atom. The number of hydrogen-bond acceptors (Lipinski definition) is 3. The van der Waals surface area contributed by atoms with Gasteiger partial charge in [-0.15, -0.1) is 0 Å².